The third-order valence-electron chi connectivity index (χ3n) is 3.50. The van der Waals surface area contributed by atoms with E-state index in [2.05, 4.69) is 11.5 Å². The van der Waals surface area contributed by atoms with Crippen molar-refractivity contribution in [3.63, 3.8) is 0 Å². The predicted molar refractivity (Wildman–Crippen MR) is 60.0 cm³/mol. The molecule has 0 aromatic carbocycles. The van der Waals surface area contributed by atoms with Crippen LogP contribution in [0.5, 0.6) is 0 Å². The molecule has 1 fully saturated rings. The number of hydrogen-bond acceptors (Lipinski definition) is 2. The number of carbonyl (C=O) groups excluding carboxylic acids is 1. The summed E-state index contributed by atoms with van der Waals surface area (Å²) >= 11 is 0. The van der Waals surface area contributed by atoms with Gasteiger partial charge in [-0.3, -0.25) is 9.80 Å². The summed E-state index contributed by atoms with van der Waals surface area (Å²) < 4.78 is 0. The summed E-state index contributed by atoms with van der Waals surface area (Å²) in [6.07, 6.45) is 9.01. The lowest BCUT2D eigenvalue weighted by Gasteiger charge is -2.32. The zero-order chi connectivity index (χ0) is 10.7. The molecule has 1 aliphatic heterocycles. The second kappa shape index (κ2) is 4.79. The highest BCUT2D eigenvalue weighted by Crippen LogP contribution is 2.30. The molecule has 84 valence electrons. The summed E-state index contributed by atoms with van der Waals surface area (Å²) in [6, 6.07) is 0. The van der Waals surface area contributed by atoms with Crippen molar-refractivity contribution in [1.82, 2.24) is 10.4 Å². The summed E-state index contributed by atoms with van der Waals surface area (Å²) in [7, 11) is 0. The van der Waals surface area contributed by atoms with Crippen molar-refractivity contribution >= 4 is 5.91 Å². The molecule has 0 bridgehead atoms. The van der Waals surface area contributed by atoms with Crippen molar-refractivity contribution in [3.8, 4) is 0 Å². The second-order valence-corrected chi connectivity index (χ2v) is 4.58. The maximum atomic E-state index is 11.3. The Kier molecular flexibility index (Phi) is 3.41. The van der Waals surface area contributed by atoms with E-state index in [0.717, 1.165) is 19.0 Å². The van der Waals surface area contributed by atoms with Gasteiger partial charge in [-0.15, -0.1) is 0 Å². The molecule has 2 rings (SSSR count). The number of hydrogen-bond donors (Lipinski definition) is 1. The molecule has 0 atom stereocenters. The van der Waals surface area contributed by atoms with E-state index in [0.29, 0.717) is 0 Å². The summed E-state index contributed by atoms with van der Waals surface area (Å²) in [5.41, 5.74) is 4.57. The highest BCUT2D eigenvalue weighted by Gasteiger charge is 2.22. The number of nitrogens with one attached hydrogen (secondary N) is 1. The summed E-state index contributed by atoms with van der Waals surface area (Å²) in [4.78, 5) is 11.3. The summed E-state index contributed by atoms with van der Waals surface area (Å²) in [6.45, 7) is 3.22. The van der Waals surface area contributed by atoms with Gasteiger partial charge in [0, 0.05) is 13.5 Å². The van der Waals surface area contributed by atoms with E-state index < -0.39 is 0 Å². The molecule has 1 heterocycles. The van der Waals surface area contributed by atoms with Crippen LogP contribution in [0.2, 0.25) is 0 Å². The van der Waals surface area contributed by atoms with Crippen molar-refractivity contribution in [1.29, 1.82) is 0 Å². The Balaban J connectivity index is 1.96. The Morgan fingerprint density at radius 3 is 2.80 bits per heavy atom. The van der Waals surface area contributed by atoms with Gasteiger partial charge in [0.1, 0.15) is 0 Å². The minimum atomic E-state index is 0.122. The first-order valence-electron chi connectivity index (χ1n) is 5.98. The van der Waals surface area contributed by atoms with Crippen LogP contribution in [0.15, 0.2) is 11.6 Å². The Labute approximate surface area is 91.5 Å². The zero-order valence-electron chi connectivity index (χ0n) is 9.46. The summed E-state index contributed by atoms with van der Waals surface area (Å²) in [5.74, 6) is 0.860. The molecule has 15 heavy (non-hydrogen) atoms. The van der Waals surface area contributed by atoms with Crippen LogP contribution in [0.1, 0.15) is 39.0 Å². The molecule has 0 unspecified atom stereocenters. The van der Waals surface area contributed by atoms with Crippen LogP contribution < -0.4 is 5.43 Å². The van der Waals surface area contributed by atoms with Crippen molar-refractivity contribution in [3.05, 3.63) is 11.6 Å². The van der Waals surface area contributed by atoms with Crippen LogP contribution >= 0.6 is 0 Å². The van der Waals surface area contributed by atoms with Crippen molar-refractivity contribution < 1.29 is 4.79 Å². The Hall–Kier alpha value is -0.830. The fraction of sp³-hybridized carbons (Fsp3) is 0.750. The largest absolute Gasteiger partial charge is 0.274 e. The number of rotatable bonds is 1. The van der Waals surface area contributed by atoms with Gasteiger partial charge < -0.3 is 0 Å². The van der Waals surface area contributed by atoms with Crippen LogP contribution in [0.3, 0.4) is 0 Å². The van der Waals surface area contributed by atoms with Crippen LogP contribution in [-0.4, -0.2) is 24.0 Å². The smallest absolute Gasteiger partial charge is 0.233 e. The van der Waals surface area contributed by atoms with Gasteiger partial charge in [0.2, 0.25) is 5.91 Å². The van der Waals surface area contributed by atoms with E-state index >= 15 is 0 Å². The first-order chi connectivity index (χ1) is 7.27. The van der Waals surface area contributed by atoms with Gasteiger partial charge in [0.25, 0.3) is 0 Å². The quantitative estimate of drug-likeness (QED) is 0.667. The summed E-state index contributed by atoms with van der Waals surface area (Å²) in [5, 5.41) is 1.74. The first kappa shape index (κ1) is 10.7. The lowest BCUT2D eigenvalue weighted by molar-refractivity contribution is -0.131. The van der Waals surface area contributed by atoms with Gasteiger partial charge in [-0.2, -0.15) is 0 Å². The number of hydrazine groups is 1. The van der Waals surface area contributed by atoms with Crippen LogP contribution in [0.25, 0.3) is 0 Å². The molecule has 0 radical (unpaired) electrons. The Bertz CT molecular complexity index is 267. The molecule has 0 aromatic rings. The highest BCUT2D eigenvalue weighted by atomic mass is 16.2. The van der Waals surface area contributed by atoms with E-state index in [1.165, 1.54) is 37.7 Å². The minimum Gasteiger partial charge on any atom is -0.274 e. The van der Waals surface area contributed by atoms with Crippen LogP contribution in [-0.2, 0) is 4.79 Å². The van der Waals surface area contributed by atoms with Gasteiger partial charge >= 0.3 is 0 Å². The van der Waals surface area contributed by atoms with Crippen molar-refractivity contribution in [2.24, 2.45) is 5.92 Å². The third-order valence-corrected chi connectivity index (χ3v) is 3.50. The standard InChI is InChI=1S/C12H20N2O/c1-10(15)14-9-12(7-8-13-14)11-5-3-2-4-6-11/h7,11,13H,2-6,8-9H2,1H3. The molecule has 0 aromatic heterocycles. The lowest BCUT2D eigenvalue weighted by atomic mass is 9.83. The van der Waals surface area contributed by atoms with Crippen molar-refractivity contribution in [2.75, 3.05) is 13.1 Å². The van der Waals surface area contributed by atoms with E-state index in [1.807, 2.05) is 0 Å². The SMILES string of the molecule is CC(=O)N1CC(C2CCCCC2)=CCN1. The molecule has 1 N–H and O–H groups in total. The number of nitrogens with zero attached hydrogens (tertiary/aromatic N) is 1. The van der Waals surface area contributed by atoms with Crippen LogP contribution in [0, 0.1) is 5.92 Å². The van der Waals surface area contributed by atoms with E-state index in [-0.39, 0.29) is 5.91 Å². The molecular formula is C12H20N2O. The normalized spacial score (nSPS) is 23.8. The lowest BCUT2D eigenvalue weighted by Crippen LogP contribution is -2.46. The molecule has 3 nitrogen and oxygen atoms in total. The van der Waals surface area contributed by atoms with Gasteiger partial charge in [0.05, 0.1) is 6.54 Å². The topological polar surface area (TPSA) is 32.3 Å². The van der Waals surface area contributed by atoms with Gasteiger partial charge in [-0.25, -0.2) is 5.43 Å². The average Bonchev–Trinajstić information content (AvgIpc) is 2.30. The number of amides is 1. The average molecular weight is 208 g/mol. The second-order valence-electron chi connectivity index (χ2n) is 4.58. The Morgan fingerprint density at radius 2 is 2.13 bits per heavy atom. The fourth-order valence-electron chi connectivity index (χ4n) is 2.58. The third kappa shape index (κ3) is 2.59. The minimum absolute atomic E-state index is 0.122. The first-order valence-corrected chi connectivity index (χ1v) is 5.98. The predicted octanol–water partition coefficient (Wildman–Crippen LogP) is 1.86. The van der Waals surface area contributed by atoms with E-state index in [1.54, 1.807) is 11.9 Å². The molecule has 3 heteroatoms. The molecule has 1 aliphatic carbocycles. The Morgan fingerprint density at radius 1 is 1.40 bits per heavy atom. The molecule has 0 saturated heterocycles. The molecule has 1 amide bonds. The maximum Gasteiger partial charge on any atom is 0.233 e. The molecule has 0 spiro atoms. The fourth-order valence-corrected chi connectivity index (χ4v) is 2.58. The highest BCUT2D eigenvalue weighted by molar-refractivity contribution is 5.73. The molecular weight excluding hydrogens is 188 g/mol. The molecule has 1 saturated carbocycles. The van der Waals surface area contributed by atoms with E-state index in [9.17, 15) is 4.79 Å². The maximum absolute atomic E-state index is 11.3. The van der Waals surface area contributed by atoms with Gasteiger partial charge in [0.15, 0.2) is 0 Å². The zero-order valence-corrected chi connectivity index (χ0v) is 9.46. The molecule has 2 aliphatic rings. The monoisotopic (exact) mass is 208 g/mol. The van der Waals surface area contributed by atoms with Crippen molar-refractivity contribution in [2.45, 2.75) is 39.0 Å². The van der Waals surface area contributed by atoms with Gasteiger partial charge in [-0.05, 0) is 24.3 Å². The van der Waals surface area contributed by atoms with Crippen LogP contribution in [0.4, 0.5) is 0 Å². The number of carbonyl (C=O) groups is 1. The van der Waals surface area contributed by atoms with Gasteiger partial charge in [-0.1, -0.05) is 25.3 Å². The van der Waals surface area contributed by atoms with E-state index in [4.69, 9.17) is 0 Å².